The number of nitrogens with two attached hydrogens (primary N) is 1. The Morgan fingerprint density at radius 1 is 1.07 bits per heavy atom. The van der Waals surface area contributed by atoms with E-state index < -0.39 is 0 Å². The van der Waals surface area contributed by atoms with Crippen LogP contribution in [0, 0.1) is 5.92 Å². The van der Waals surface area contributed by atoms with Crippen LogP contribution in [0.15, 0.2) is 0 Å². The van der Waals surface area contributed by atoms with E-state index in [1.807, 2.05) is 0 Å². The first-order valence-electron chi connectivity index (χ1n) is 6.77. The molecule has 2 saturated carbocycles. The fourth-order valence-electron chi connectivity index (χ4n) is 3.31. The van der Waals surface area contributed by atoms with Crippen LogP contribution in [0.2, 0.25) is 0 Å². The van der Waals surface area contributed by atoms with Gasteiger partial charge in [-0.25, -0.2) is 0 Å². The molecule has 2 aliphatic rings. The van der Waals surface area contributed by atoms with Gasteiger partial charge in [0.2, 0.25) is 0 Å². The predicted octanol–water partition coefficient (Wildman–Crippen LogP) is 2.42. The summed E-state index contributed by atoms with van der Waals surface area (Å²) < 4.78 is 0. The first-order chi connectivity index (χ1) is 7.25. The van der Waals surface area contributed by atoms with Crippen molar-refractivity contribution in [1.82, 2.24) is 5.32 Å². The van der Waals surface area contributed by atoms with Crippen LogP contribution in [0.5, 0.6) is 0 Å². The van der Waals surface area contributed by atoms with Gasteiger partial charge < -0.3 is 11.1 Å². The molecule has 3 atom stereocenters. The van der Waals surface area contributed by atoms with Crippen LogP contribution in [0.25, 0.3) is 0 Å². The molecule has 0 aromatic rings. The molecule has 0 aromatic heterocycles. The van der Waals surface area contributed by atoms with Crippen molar-refractivity contribution in [2.45, 2.75) is 76.4 Å². The lowest BCUT2D eigenvalue weighted by Crippen LogP contribution is -2.41. The van der Waals surface area contributed by atoms with Crippen LogP contribution >= 0.6 is 0 Å². The van der Waals surface area contributed by atoms with Crippen LogP contribution in [0.1, 0.15) is 58.3 Å². The molecule has 2 nitrogen and oxygen atoms in total. The Morgan fingerprint density at radius 3 is 2.40 bits per heavy atom. The van der Waals surface area contributed by atoms with Crippen molar-refractivity contribution in [3.05, 3.63) is 0 Å². The molecule has 2 unspecified atom stereocenters. The molecule has 0 aliphatic heterocycles. The number of hydrogen-bond donors (Lipinski definition) is 2. The Morgan fingerprint density at radius 2 is 1.80 bits per heavy atom. The van der Waals surface area contributed by atoms with Crippen molar-refractivity contribution in [2.75, 3.05) is 0 Å². The Kier molecular flexibility index (Phi) is 4.04. The highest BCUT2D eigenvalue weighted by molar-refractivity contribution is 4.86. The van der Waals surface area contributed by atoms with Crippen LogP contribution in [0.3, 0.4) is 0 Å². The second-order valence-corrected chi connectivity index (χ2v) is 5.62. The molecule has 0 saturated heterocycles. The quantitative estimate of drug-likeness (QED) is 0.751. The largest absolute Gasteiger partial charge is 0.328 e. The predicted molar refractivity (Wildman–Crippen MR) is 64.8 cm³/mol. The molecule has 0 bridgehead atoms. The lowest BCUT2D eigenvalue weighted by Gasteiger charge is -2.30. The zero-order valence-electron chi connectivity index (χ0n) is 10.0. The summed E-state index contributed by atoms with van der Waals surface area (Å²) >= 11 is 0. The molecular weight excluding hydrogens is 184 g/mol. The van der Waals surface area contributed by atoms with Crippen LogP contribution in [0.4, 0.5) is 0 Å². The van der Waals surface area contributed by atoms with Gasteiger partial charge in [-0.15, -0.1) is 0 Å². The molecule has 88 valence electrons. The lowest BCUT2D eigenvalue weighted by molar-refractivity contribution is 0.263. The van der Waals surface area contributed by atoms with Gasteiger partial charge in [0.25, 0.3) is 0 Å². The highest BCUT2D eigenvalue weighted by Gasteiger charge is 2.26. The molecule has 3 N–H and O–H groups in total. The molecule has 2 heteroatoms. The van der Waals surface area contributed by atoms with E-state index in [-0.39, 0.29) is 0 Å². The molecule has 0 spiro atoms. The van der Waals surface area contributed by atoms with Gasteiger partial charge in [-0.1, -0.05) is 19.3 Å². The Hall–Kier alpha value is -0.0800. The maximum atomic E-state index is 5.94. The maximum absolute atomic E-state index is 5.94. The first-order valence-corrected chi connectivity index (χ1v) is 6.77. The number of hydrogen-bond acceptors (Lipinski definition) is 2. The number of nitrogens with one attached hydrogen (secondary N) is 1. The van der Waals surface area contributed by atoms with E-state index in [4.69, 9.17) is 5.73 Å². The fraction of sp³-hybridized carbons (Fsp3) is 1.00. The third kappa shape index (κ3) is 3.18. The second-order valence-electron chi connectivity index (χ2n) is 5.62. The number of rotatable bonds is 3. The van der Waals surface area contributed by atoms with Gasteiger partial charge in [-0.3, -0.25) is 0 Å². The molecule has 2 fully saturated rings. The summed E-state index contributed by atoms with van der Waals surface area (Å²) in [5.74, 6) is 0.926. The summed E-state index contributed by atoms with van der Waals surface area (Å²) in [5, 5.41) is 3.80. The van der Waals surface area contributed by atoms with Gasteiger partial charge in [0, 0.05) is 18.1 Å². The van der Waals surface area contributed by atoms with Gasteiger partial charge in [-0.2, -0.15) is 0 Å². The molecular formula is C13H26N2. The third-order valence-electron chi connectivity index (χ3n) is 4.33. The van der Waals surface area contributed by atoms with E-state index >= 15 is 0 Å². The summed E-state index contributed by atoms with van der Waals surface area (Å²) in [6.45, 7) is 2.37. The molecule has 0 radical (unpaired) electrons. The van der Waals surface area contributed by atoms with Crippen molar-refractivity contribution in [3.63, 3.8) is 0 Å². The van der Waals surface area contributed by atoms with E-state index in [0.29, 0.717) is 18.1 Å². The minimum atomic E-state index is 0.459. The summed E-state index contributed by atoms with van der Waals surface area (Å²) in [7, 11) is 0. The van der Waals surface area contributed by atoms with Gasteiger partial charge in [0.15, 0.2) is 0 Å². The molecule has 0 heterocycles. The fourth-order valence-corrected chi connectivity index (χ4v) is 3.31. The zero-order chi connectivity index (χ0) is 10.7. The minimum Gasteiger partial charge on any atom is -0.328 e. The van der Waals surface area contributed by atoms with Crippen molar-refractivity contribution in [2.24, 2.45) is 11.7 Å². The Labute approximate surface area is 94.0 Å². The van der Waals surface area contributed by atoms with Gasteiger partial charge in [0.1, 0.15) is 0 Å². The molecule has 0 amide bonds. The molecule has 2 rings (SSSR count). The van der Waals surface area contributed by atoms with E-state index in [9.17, 15) is 0 Å². The van der Waals surface area contributed by atoms with Crippen molar-refractivity contribution < 1.29 is 0 Å². The average Bonchev–Trinajstić information content (AvgIpc) is 2.65. The summed E-state index contributed by atoms with van der Waals surface area (Å²) in [5.41, 5.74) is 5.94. The first kappa shape index (κ1) is 11.4. The molecule has 15 heavy (non-hydrogen) atoms. The Bertz CT molecular complexity index is 187. The maximum Gasteiger partial charge on any atom is 0.00849 e. The van der Waals surface area contributed by atoms with E-state index in [1.54, 1.807) is 0 Å². The summed E-state index contributed by atoms with van der Waals surface area (Å²) in [6.07, 6.45) is 10.9. The van der Waals surface area contributed by atoms with Crippen molar-refractivity contribution in [3.8, 4) is 0 Å². The van der Waals surface area contributed by atoms with Crippen molar-refractivity contribution in [1.29, 1.82) is 0 Å². The van der Waals surface area contributed by atoms with Crippen LogP contribution < -0.4 is 11.1 Å². The van der Waals surface area contributed by atoms with Gasteiger partial charge >= 0.3 is 0 Å². The van der Waals surface area contributed by atoms with E-state index in [2.05, 4.69) is 12.2 Å². The normalized spacial score (nSPS) is 35.6. The van der Waals surface area contributed by atoms with E-state index in [1.165, 1.54) is 51.4 Å². The van der Waals surface area contributed by atoms with E-state index in [0.717, 1.165) is 5.92 Å². The van der Waals surface area contributed by atoms with Crippen LogP contribution in [-0.4, -0.2) is 18.1 Å². The van der Waals surface area contributed by atoms with Gasteiger partial charge in [-0.05, 0) is 44.9 Å². The second kappa shape index (κ2) is 5.31. The standard InChI is InChI=1S/C13H26N2/c1-10(11-5-3-2-4-6-11)15-13-8-7-12(14)9-13/h10-13,15H,2-9,14H2,1H3/t10-,12?,13?/m0/s1. The third-order valence-corrected chi connectivity index (χ3v) is 4.33. The minimum absolute atomic E-state index is 0.459. The lowest BCUT2D eigenvalue weighted by atomic mass is 9.84. The highest BCUT2D eigenvalue weighted by atomic mass is 15.0. The van der Waals surface area contributed by atoms with Gasteiger partial charge in [0.05, 0.1) is 0 Å². The molecule has 0 aromatic carbocycles. The average molecular weight is 210 g/mol. The topological polar surface area (TPSA) is 38.0 Å². The van der Waals surface area contributed by atoms with Crippen molar-refractivity contribution >= 4 is 0 Å². The summed E-state index contributed by atoms with van der Waals surface area (Å²) in [6, 6.07) is 1.87. The summed E-state index contributed by atoms with van der Waals surface area (Å²) in [4.78, 5) is 0. The highest BCUT2D eigenvalue weighted by Crippen LogP contribution is 2.27. The molecule has 2 aliphatic carbocycles. The SMILES string of the molecule is C[C@H](NC1CCC(N)C1)C1CCCCC1. The monoisotopic (exact) mass is 210 g/mol. The zero-order valence-corrected chi connectivity index (χ0v) is 10.0. The smallest absolute Gasteiger partial charge is 0.00849 e. The Balaban J connectivity index is 1.73. The van der Waals surface area contributed by atoms with Crippen LogP contribution in [-0.2, 0) is 0 Å².